The first-order valence-electron chi connectivity index (χ1n) is 9.82. The standard InChI is InChI=1S/C24H22N2O5/c1-4-26-18-9-5-6-10-20(18)31-19-13-12-15(14-17(19)24(26)28)25-23(27)16-8-7-11-21(29-2)22(16)30-3/h5-14H,4H2,1-3H3,(H,25,27). The largest absolute Gasteiger partial charge is 0.493 e. The number of nitrogens with one attached hydrogen (secondary N) is 1. The highest BCUT2D eigenvalue weighted by Gasteiger charge is 2.27. The SMILES string of the molecule is CCN1C(=O)c2cc(NC(=O)c3cccc(OC)c3OC)ccc2Oc2ccccc21. The van der Waals surface area contributed by atoms with Crippen molar-refractivity contribution in [2.24, 2.45) is 0 Å². The van der Waals surface area contributed by atoms with E-state index in [4.69, 9.17) is 14.2 Å². The molecule has 0 saturated carbocycles. The van der Waals surface area contributed by atoms with Crippen molar-refractivity contribution in [2.45, 2.75) is 6.92 Å². The van der Waals surface area contributed by atoms with E-state index in [-0.39, 0.29) is 11.8 Å². The molecule has 0 fully saturated rings. The highest BCUT2D eigenvalue weighted by molar-refractivity contribution is 6.11. The molecule has 0 bridgehead atoms. The Hall–Kier alpha value is -4.00. The lowest BCUT2D eigenvalue weighted by Gasteiger charge is -2.20. The lowest BCUT2D eigenvalue weighted by atomic mass is 10.1. The van der Waals surface area contributed by atoms with Crippen LogP contribution < -0.4 is 24.4 Å². The molecule has 0 atom stereocenters. The second-order valence-electron chi connectivity index (χ2n) is 6.83. The zero-order valence-electron chi connectivity index (χ0n) is 17.5. The van der Waals surface area contributed by atoms with Crippen LogP contribution in [-0.2, 0) is 0 Å². The number of carbonyl (C=O) groups is 2. The van der Waals surface area contributed by atoms with Gasteiger partial charge in [-0.25, -0.2) is 0 Å². The maximum Gasteiger partial charge on any atom is 0.262 e. The van der Waals surface area contributed by atoms with E-state index < -0.39 is 0 Å². The molecule has 3 aromatic carbocycles. The molecule has 2 amide bonds. The van der Waals surface area contributed by atoms with Crippen molar-refractivity contribution in [3.8, 4) is 23.0 Å². The maximum atomic E-state index is 13.2. The van der Waals surface area contributed by atoms with Crippen molar-refractivity contribution < 1.29 is 23.8 Å². The number of hydrogen-bond donors (Lipinski definition) is 1. The minimum Gasteiger partial charge on any atom is -0.493 e. The second kappa shape index (κ2) is 8.39. The molecule has 158 valence electrons. The van der Waals surface area contributed by atoms with E-state index in [1.165, 1.54) is 14.2 Å². The van der Waals surface area contributed by atoms with Gasteiger partial charge >= 0.3 is 0 Å². The van der Waals surface area contributed by atoms with E-state index >= 15 is 0 Å². The Bertz CT molecular complexity index is 1160. The van der Waals surface area contributed by atoms with Gasteiger partial charge in [0.1, 0.15) is 5.75 Å². The number of para-hydroxylation sites is 3. The normalized spacial score (nSPS) is 12.2. The van der Waals surface area contributed by atoms with E-state index in [9.17, 15) is 9.59 Å². The number of ether oxygens (including phenoxy) is 3. The summed E-state index contributed by atoms with van der Waals surface area (Å²) in [5.74, 6) is 1.26. The van der Waals surface area contributed by atoms with Gasteiger partial charge in [0, 0.05) is 12.2 Å². The fraction of sp³-hybridized carbons (Fsp3) is 0.167. The summed E-state index contributed by atoms with van der Waals surface area (Å²) in [6, 6.07) is 17.5. The van der Waals surface area contributed by atoms with Crippen molar-refractivity contribution in [3.63, 3.8) is 0 Å². The van der Waals surface area contributed by atoms with E-state index in [0.29, 0.717) is 52.0 Å². The number of carbonyl (C=O) groups excluding carboxylic acids is 2. The summed E-state index contributed by atoms with van der Waals surface area (Å²) < 4.78 is 16.6. The molecule has 0 aromatic heterocycles. The van der Waals surface area contributed by atoms with Gasteiger partial charge in [-0.15, -0.1) is 0 Å². The minimum absolute atomic E-state index is 0.197. The van der Waals surface area contributed by atoms with Gasteiger partial charge in [-0.3, -0.25) is 9.59 Å². The highest BCUT2D eigenvalue weighted by atomic mass is 16.5. The van der Waals surface area contributed by atoms with Crippen LogP contribution in [0.1, 0.15) is 27.6 Å². The first-order chi connectivity index (χ1) is 15.1. The van der Waals surface area contributed by atoms with Crippen molar-refractivity contribution in [1.29, 1.82) is 0 Å². The Morgan fingerprint density at radius 1 is 1.00 bits per heavy atom. The van der Waals surface area contributed by atoms with Crippen molar-refractivity contribution in [2.75, 3.05) is 31.0 Å². The Kier molecular flexibility index (Phi) is 5.49. The van der Waals surface area contributed by atoms with Gasteiger partial charge in [0.15, 0.2) is 17.2 Å². The molecule has 31 heavy (non-hydrogen) atoms. The van der Waals surface area contributed by atoms with Gasteiger partial charge in [-0.2, -0.15) is 0 Å². The van der Waals surface area contributed by atoms with Gasteiger partial charge in [-0.05, 0) is 49.4 Å². The smallest absolute Gasteiger partial charge is 0.262 e. The molecule has 1 N–H and O–H groups in total. The molecule has 0 unspecified atom stereocenters. The molecule has 4 rings (SSSR count). The Morgan fingerprint density at radius 3 is 2.55 bits per heavy atom. The van der Waals surface area contributed by atoms with Crippen LogP contribution in [0.4, 0.5) is 11.4 Å². The van der Waals surface area contributed by atoms with E-state index in [0.717, 1.165) is 0 Å². The Labute approximate surface area is 180 Å². The summed E-state index contributed by atoms with van der Waals surface area (Å²) >= 11 is 0. The summed E-state index contributed by atoms with van der Waals surface area (Å²) in [7, 11) is 2.99. The molecule has 0 saturated heterocycles. The van der Waals surface area contributed by atoms with E-state index in [1.54, 1.807) is 41.3 Å². The average molecular weight is 418 g/mol. The number of methoxy groups -OCH3 is 2. The molecule has 7 nitrogen and oxygen atoms in total. The number of benzene rings is 3. The summed E-state index contributed by atoms with van der Waals surface area (Å²) in [6.07, 6.45) is 0. The first kappa shape index (κ1) is 20.3. The summed E-state index contributed by atoms with van der Waals surface area (Å²) in [6.45, 7) is 2.39. The Balaban J connectivity index is 1.68. The maximum absolute atomic E-state index is 13.2. The Morgan fingerprint density at radius 2 is 1.81 bits per heavy atom. The van der Waals surface area contributed by atoms with Crippen molar-refractivity contribution in [1.82, 2.24) is 0 Å². The predicted octanol–water partition coefficient (Wildman–Crippen LogP) is 4.73. The van der Waals surface area contributed by atoms with Gasteiger partial charge < -0.3 is 24.4 Å². The number of rotatable bonds is 5. The topological polar surface area (TPSA) is 77.1 Å². The monoisotopic (exact) mass is 418 g/mol. The molecule has 1 aliphatic heterocycles. The summed E-state index contributed by atoms with van der Waals surface area (Å²) in [4.78, 5) is 27.8. The minimum atomic E-state index is -0.381. The van der Waals surface area contributed by atoms with Crippen molar-refractivity contribution in [3.05, 3.63) is 71.8 Å². The van der Waals surface area contributed by atoms with Crippen LogP contribution >= 0.6 is 0 Å². The molecule has 1 aliphatic rings. The lowest BCUT2D eigenvalue weighted by Crippen LogP contribution is -2.29. The molecular weight excluding hydrogens is 396 g/mol. The van der Waals surface area contributed by atoms with E-state index in [1.807, 2.05) is 31.2 Å². The summed E-state index contributed by atoms with van der Waals surface area (Å²) in [5.41, 5.74) is 1.86. The second-order valence-corrected chi connectivity index (χ2v) is 6.83. The molecule has 1 heterocycles. The lowest BCUT2D eigenvalue weighted by molar-refractivity contribution is 0.0985. The van der Waals surface area contributed by atoms with Crippen LogP contribution in [0.2, 0.25) is 0 Å². The number of amides is 2. The number of nitrogens with zero attached hydrogens (tertiary/aromatic N) is 1. The molecule has 3 aromatic rings. The van der Waals surface area contributed by atoms with Crippen molar-refractivity contribution >= 4 is 23.2 Å². The third-order valence-corrected chi connectivity index (χ3v) is 5.05. The fourth-order valence-corrected chi connectivity index (χ4v) is 3.58. The predicted molar refractivity (Wildman–Crippen MR) is 118 cm³/mol. The van der Waals surface area contributed by atoms with Crippen LogP contribution in [0.5, 0.6) is 23.0 Å². The molecule has 0 spiro atoms. The highest BCUT2D eigenvalue weighted by Crippen LogP contribution is 2.39. The number of hydrogen-bond acceptors (Lipinski definition) is 5. The molecule has 7 heteroatoms. The quantitative estimate of drug-likeness (QED) is 0.648. The van der Waals surface area contributed by atoms with Crippen LogP contribution in [0.25, 0.3) is 0 Å². The summed E-state index contributed by atoms with van der Waals surface area (Å²) in [5, 5.41) is 2.83. The molecular formula is C24H22N2O5. The van der Waals surface area contributed by atoms with Crippen LogP contribution in [0.15, 0.2) is 60.7 Å². The average Bonchev–Trinajstić information content (AvgIpc) is 2.91. The van der Waals surface area contributed by atoms with Gasteiger partial charge in [0.05, 0.1) is 31.0 Å². The van der Waals surface area contributed by atoms with Crippen LogP contribution in [0, 0.1) is 0 Å². The molecule has 0 radical (unpaired) electrons. The van der Waals surface area contributed by atoms with Crippen LogP contribution in [0.3, 0.4) is 0 Å². The number of fused-ring (bicyclic) bond motifs is 2. The third kappa shape index (κ3) is 3.66. The zero-order valence-corrected chi connectivity index (χ0v) is 17.5. The van der Waals surface area contributed by atoms with E-state index in [2.05, 4.69) is 5.32 Å². The zero-order chi connectivity index (χ0) is 22.0. The number of anilines is 2. The van der Waals surface area contributed by atoms with Crippen LogP contribution in [-0.4, -0.2) is 32.6 Å². The van der Waals surface area contributed by atoms with Gasteiger partial charge in [0.2, 0.25) is 0 Å². The third-order valence-electron chi connectivity index (χ3n) is 5.05. The first-order valence-corrected chi connectivity index (χ1v) is 9.82. The fourth-order valence-electron chi connectivity index (χ4n) is 3.58. The van der Waals surface area contributed by atoms with Gasteiger partial charge in [-0.1, -0.05) is 18.2 Å². The molecule has 0 aliphatic carbocycles. The van der Waals surface area contributed by atoms with Gasteiger partial charge in [0.25, 0.3) is 11.8 Å².